The highest BCUT2D eigenvalue weighted by molar-refractivity contribution is 6.36. The van der Waals surface area contributed by atoms with Gasteiger partial charge >= 0.3 is 5.69 Å². The summed E-state index contributed by atoms with van der Waals surface area (Å²) in [6, 6.07) is 13.9. The third-order valence-corrected chi connectivity index (χ3v) is 11.3. The van der Waals surface area contributed by atoms with E-state index in [0.717, 1.165) is 83.3 Å². The number of carbonyl (C=O) groups excluding carboxylic acids is 1. The van der Waals surface area contributed by atoms with Gasteiger partial charge in [0.25, 0.3) is 5.56 Å². The quantitative estimate of drug-likeness (QED) is 0.235. The Hall–Kier alpha value is -5.07. The maximum absolute atomic E-state index is 13.1. The minimum atomic E-state index is -0.560. The first-order valence-corrected chi connectivity index (χ1v) is 17.6. The number of nitrogens with zero attached hydrogens (tertiary/aromatic N) is 4. The zero-order valence-corrected chi connectivity index (χ0v) is 30.1. The van der Waals surface area contributed by atoms with Gasteiger partial charge in [0.05, 0.1) is 28.7 Å². The van der Waals surface area contributed by atoms with Gasteiger partial charge in [-0.05, 0) is 67.9 Å². The number of fused-ring (bicyclic) bond motifs is 1. The summed E-state index contributed by atoms with van der Waals surface area (Å²) in [5.41, 5.74) is 18.1. The van der Waals surface area contributed by atoms with Crippen LogP contribution in [-0.2, 0) is 25.3 Å². The lowest BCUT2D eigenvalue weighted by Gasteiger charge is -2.35. The van der Waals surface area contributed by atoms with Gasteiger partial charge in [-0.1, -0.05) is 41.9 Å². The van der Waals surface area contributed by atoms with Crippen LogP contribution in [0.2, 0.25) is 5.02 Å². The highest BCUT2D eigenvalue weighted by Crippen LogP contribution is 2.47. The average Bonchev–Trinajstić information content (AvgIpc) is 3.73. The molecule has 6 N–H and O–H groups in total. The first-order valence-electron chi connectivity index (χ1n) is 17.2. The van der Waals surface area contributed by atoms with E-state index in [-0.39, 0.29) is 33.9 Å². The molecular weight excluding hydrogens is 668 g/mol. The average molecular weight is 711 g/mol. The van der Waals surface area contributed by atoms with E-state index >= 15 is 0 Å². The largest absolute Gasteiger partial charge is 0.481 e. The Kier molecular flexibility index (Phi) is 8.92. The SMILES string of the molecule is COc1nc(-c2cccc(-c3cccc(N/C(N)=c4\c(=O)n(C)c(=O)n(C)\c4=C\N)c3C)c2Cl)cc2c1C(N1CCC3(CCCC(=O)N3)C1)CC2. The number of nitrogens with two attached hydrogens (primary N) is 2. The zero-order valence-electron chi connectivity index (χ0n) is 29.3. The van der Waals surface area contributed by atoms with Crippen molar-refractivity contribution in [1.29, 1.82) is 0 Å². The van der Waals surface area contributed by atoms with Gasteiger partial charge in [0.15, 0.2) is 0 Å². The van der Waals surface area contributed by atoms with Crippen molar-refractivity contribution in [3.8, 4) is 28.3 Å². The molecule has 0 bridgehead atoms. The molecule has 12 nitrogen and oxygen atoms in total. The summed E-state index contributed by atoms with van der Waals surface area (Å²) < 4.78 is 8.22. The molecule has 1 amide bonds. The number of aromatic nitrogens is 3. The molecule has 3 aliphatic rings. The highest BCUT2D eigenvalue weighted by atomic mass is 35.5. The third-order valence-electron chi connectivity index (χ3n) is 10.9. The van der Waals surface area contributed by atoms with E-state index in [2.05, 4.69) is 21.6 Å². The van der Waals surface area contributed by atoms with Crippen molar-refractivity contribution in [3.05, 3.63) is 95.6 Å². The summed E-state index contributed by atoms with van der Waals surface area (Å²) in [7, 11) is 4.59. The van der Waals surface area contributed by atoms with Gasteiger partial charge in [0, 0.05) is 68.2 Å². The number of hydrogen-bond donors (Lipinski definition) is 4. The molecule has 7 rings (SSSR count). The van der Waals surface area contributed by atoms with E-state index in [0.29, 0.717) is 23.0 Å². The van der Waals surface area contributed by atoms with Crippen LogP contribution in [0.1, 0.15) is 54.8 Å². The fourth-order valence-corrected chi connectivity index (χ4v) is 8.57. The maximum atomic E-state index is 13.1. The molecule has 51 heavy (non-hydrogen) atoms. The highest BCUT2D eigenvalue weighted by Gasteiger charge is 2.45. The first kappa shape index (κ1) is 34.4. The van der Waals surface area contributed by atoms with Crippen molar-refractivity contribution >= 4 is 35.2 Å². The first-order chi connectivity index (χ1) is 24.5. The van der Waals surface area contributed by atoms with Crippen molar-refractivity contribution in [3.63, 3.8) is 0 Å². The van der Waals surface area contributed by atoms with E-state index in [9.17, 15) is 14.4 Å². The molecule has 2 aromatic carbocycles. The van der Waals surface area contributed by atoms with Crippen molar-refractivity contribution in [2.24, 2.45) is 25.6 Å². The van der Waals surface area contributed by atoms with E-state index in [1.807, 2.05) is 43.3 Å². The number of methoxy groups -OCH3 is 1. The van der Waals surface area contributed by atoms with E-state index in [1.54, 1.807) is 7.11 Å². The minimum absolute atomic E-state index is 0.0586. The molecule has 4 aromatic rings. The summed E-state index contributed by atoms with van der Waals surface area (Å²) in [5.74, 6) is 0.822. The fraction of sp³-hybridized carbons (Fsp3) is 0.368. The number of carbonyl (C=O) groups is 1. The molecule has 1 spiro atoms. The summed E-state index contributed by atoms with van der Waals surface area (Å²) in [6.45, 7) is 3.71. The second-order valence-electron chi connectivity index (χ2n) is 13.9. The number of likely N-dealkylation sites (tertiary alicyclic amines) is 1. The molecule has 13 heteroatoms. The lowest BCUT2D eigenvalue weighted by molar-refractivity contribution is -0.125. The van der Waals surface area contributed by atoms with Gasteiger partial charge in [-0.25, -0.2) is 9.78 Å². The number of anilines is 1. The molecule has 1 aliphatic carbocycles. The van der Waals surface area contributed by atoms with Crippen LogP contribution in [-0.4, -0.2) is 50.7 Å². The van der Waals surface area contributed by atoms with E-state index in [4.69, 9.17) is 32.8 Å². The Balaban J connectivity index is 1.22. The predicted molar refractivity (Wildman–Crippen MR) is 199 cm³/mol. The van der Waals surface area contributed by atoms with Gasteiger partial charge in [-0.2, -0.15) is 0 Å². The van der Waals surface area contributed by atoms with E-state index < -0.39 is 11.2 Å². The van der Waals surface area contributed by atoms with Gasteiger partial charge in [0.1, 0.15) is 11.0 Å². The summed E-state index contributed by atoms with van der Waals surface area (Å²) in [6.07, 6.45) is 6.59. The number of piperidine rings is 1. The fourth-order valence-electron chi connectivity index (χ4n) is 8.24. The molecule has 0 saturated carbocycles. The van der Waals surface area contributed by atoms with Crippen LogP contribution in [0, 0.1) is 6.92 Å². The number of benzene rings is 2. The molecule has 2 atom stereocenters. The van der Waals surface area contributed by atoms with E-state index in [1.165, 1.54) is 30.4 Å². The molecular formula is C38H43ClN8O4. The predicted octanol–water partition coefficient (Wildman–Crippen LogP) is 2.35. The Morgan fingerprint density at radius 3 is 2.57 bits per heavy atom. The van der Waals surface area contributed by atoms with Crippen LogP contribution in [0.4, 0.5) is 5.69 Å². The second kappa shape index (κ2) is 13.2. The molecule has 2 unspecified atom stereocenters. The number of ether oxygens (including phenoxy) is 1. The van der Waals surface area contributed by atoms with Crippen molar-refractivity contribution in [2.45, 2.75) is 57.0 Å². The molecule has 2 aromatic heterocycles. The number of nitrogens with one attached hydrogen (secondary N) is 2. The van der Waals surface area contributed by atoms with Crippen molar-refractivity contribution in [1.82, 2.24) is 24.3 Å². The third kappa shape index (κ3) is 5.85. The topological polar surface area (TPSA) is 163 Å². The zero-order chi connectivity index (χ0) is 36.2. The standard InChI is InChI=1S/C38H43ClN8O4/c1-21-23(8-6-11-26(21)42-34(41)32-29(19-40)45(2)37(50)46(3)36(32)49)24-9-5-10-25(33(24)39)27-18-22-13-14-28(31(22)35(43-27)51-4)47-17-16-38(20-47)15-7-12-30(48)44-38/h5-6,8-11,18-19,28,42H,7,12-17,20,40-41H2,1-4H3,(H,44,48)/b29-19+,34-32-. The Labute approximate surface area is 300 Å². The van der Waals surface area contributed by atoms with Crippen LogP contribution in [0.25, 0.3) is 34.4 Å². The van der Waals surface area contributed by atoms with Crippen LogP contribution in [0.15, 0.2) is 52.1 Å². The van der Waals surface area contributed by atoms with Crippen LogP contribution < -0.4 is 48.7 Å². The smallest absolute Gasteiger partial charge is 0.330 e. The van der Waals surface area contributed by atoms with Crippen LogP contribution >= 0.6 is 11.6 Å². The number of amides is 1. The van der Waals surface area contributed by atoms with Crippen molar-refractivity contribution in [2.75, 3.05) is 25.5 Å². The summed E-state index contributed by atoms with van der Waals surface area (Å²) >= 11 is 7.22. The molecule has 2 aliphatic heterocycles. The Morgan fingerprint density at radius 1 is 1.08 bits per heavy atom. The molecule has 2 fully saturated rings. The maximum Gasteiger partial charge on any atom is 0.330 e. The molecule has 266 valence electrons. The minimum Gasteiger partial charge on any atom is -0.481 e. The molecule has 0 radical (unpaired) electrons. The lowest BCUT2D eigenvalue weighted by Crippen LogP contribution is -2.59. The number of rotatable bonds is 6. The summed E-state index contributed by atoms with van der Waals surface area (Å²) in [5, 5.41) is 7.33. The number of pyridine rings is 1. The molecule has 4 heterocycles. The van der Waals surface area contributed by atoms with Gasteiger partial charge in [-0.3, -0.25) is 23.6 Å². The normalized spacial score (nSPS) is 21.2. The van der Waals surface area contributed by atoms with Crippen LogP contribution in [0.3, 0.4) is 0 Å². The Morgan fingerprint density at radius 2 is 1.82 bits per heavy atom. The lowest BCUT2D eigenvalue weighted by atomic mass is 9.88. The molecule has 2 saturated heterocycles. The second-order valence-corrected chi connectivity index (χ2v) is 14.2. The van der Waals surface area contributed by atoms with Gasteiger partial charge in [-0.15, -0.1) is 0 Å². The number of halogens is 1. The van der Waals surface area contributed by atoms with Gasteiger partial charge < -0.3 is 26.8 Å². The number of hydrogen-bond acceptors (Lipinski definition) is 9. The number of aryl methyl sites for hydroxylation is 1. The van der Waals surface area contributed by atoms with Crippen molar-refractivity contribution < 1.29 is 9.53 Å². The monoisotopic (exact) mass is 710 g/mol. The Bertz CT molecular complexity index is 2330. The van der Waals surface area contributed by atoms with Crippen LogP contribution in [0.5, 0.6) is 5.88 Å². The van der Waals surface area contributed by atoms with Gasteiger partial charge in [0.2, 0.25) is 11.8 Å². The summed E-state index contributed by atoms with van der Waals surface area (Å²) in [4.78, 5) is 45.4.